The van der Waals surface area contributed by atoms with Gasteiger partial charge in [0.2, 0.25) is 0 Å². The van der Waals surface area contributed by atoms with Gasteiger partial charge in [-0.3, -0.25) is 4.79 Å². The van der Waals surface area contributed by atoms with Gasteiger partial charge in [-0.25, -0.2) is 4.98 Å². The number of halogens is 1. The number of amides is 1. The van der Waals surface area contributed by atoms with Crippen molar-refractivity contribution in [1.29, 1.82) is 0 Å². The lowest BCUT2D eigenvalue weighted by molar-refractivity contribution is 0.0951. The highest BCUT2D eigenvalue weighted by Crippen LogP contribution is 2.11. The zero-order chi connectivity index (χ0) is 12.3. The van der Waals surface area contributed by atoms with E-state index in [1.165, 1.54) is 0 Å². The van der Waals surface area contributed by atoms with Gasteiger partial charge in [-0.1, -0.05) is 15.9 Å². The van der Waals surface area contributed by atoms with Gasteiger partial charge < -0.3 is 5.32 Å². The van der Waals surface area contributed by atoms with Crippen LogP contribution < -0.4 is 5.32 Å². The first-order chi connectivity index (χ1) is 8.15. The highest BCUT2D eigenvalue weighted by Gasteiger charge is 2.06. The molecule has 3 nitrogen and oxygen atoms in total. The molecule has 0 aliphatic carbocycles. The third-order valence-electron chi connectivity index (χ3n) is 2.17. The maximum absolute atomic E-state index is 11.8. The Hall–Kier alpha value is -1.20. The van der Waals surface area contributed by atoms with E-state index >= 15 is 0 Å². The monoisotopic (exact) mass is 310 g/mol. The van der Waals surface area contributed by atoms with Crippen LogP contribution in [0.4, 0.5) is 0 Å². The Morgan fingerprint density at radius 2 is 2.12 bits per heavy atom. The molecule has 5 heteroatoms. The minimum absolute atomic E-state index is 0.0784. The van der Waals surface area contributed by atoms with Crippen LogP contribution in [-0.2, 0) is 6.54 Å². The summed E-state index contributed by atoms with van der Waals surface area (Å²) in [7, 11) is 0. The summed E-state index contributed by atoms with van der Waals surface area (Å²) in [5, 5.41) is 5.74. The summed E-state index contributed by atoms with van der Waals surface area (Å²) in [5.74, 6) is -0.0784. The minimum Gasteiger partial charge on any atom is -0.346 e. The smallest absolute Gasteiger partial charge is 0.251 e. The second kappa shape index (κ2) is 5.42. The molecule has 17 heavy (non-hydrogen) atoms. The maximum atomic E-state index is 11.8. The summed E-state index contributed by atoms with van der Waals surface area (Å²) in [6, 6.07) is 7.27. The number of nitrogens with one attached hydrogen (secondary N) is 1. The summed E-state index contributed by atoms with van der Waals surface area (Å²) in [6.07, 6.45) is 0. The summed E-state index contributed by atoms with van der Waals surface area (Å²) < 4.78 is 0.963. The van der Waals surface area contributed by atoms with Crippen LogP contribution in [0.25, 0.3) is 0 Å². The van der Waals surface area contributed by atoms with Crippen LogP contribution in [0.3, 0.4) is 0 Å². The van der Waals surface area contributed by atoms with Crippen molar-refractivity contribution in [3.05, 3.63) is 50.4 Å². The number of carbonyl (C=O) groups is 1. The van der Waals surface area contributed by atoms with Gasteiger partial charge in [0.1, 0.15) is 5.01 Å². The van der Waals surface area contributed by atoms with Crippen LogP contribution in [0.5, 0.6) is 0 Å². The third kappa shape index (κ3) is 3.38. The van der Waals surface area contributed by atoms with Crippen LogP contribution in [-0.4, -0.2) is 10.9 Å². The van der Waals surface area contributed by atoms with E-state index < -0.39 is 0 Å². The summed E-state index contributed by atoms with van der Waals surface area (Å²) in [5.41, 5.74) is 1.64. The molecule has 1 aromatic carbocycles. The lowest BCUT2D eigenvalue weighted by Crippen LogP contribution is -2.22. The number of aryl methyl sites for hydroxylation is 1. The van der Waals surface area contributed by atoms with E-state index in [0.717, 1.165) is 15.2 Å². The van der Waals surface area contributed by atoms with Crippen LogP contribution >= 0.6 is 27.3 Å². The van der Waals surface area contributed by atoms with Gasteiger partial charge in [0, 0.05) is 21.1 Å². The molecule has 0 spiro atoms. The molecule has 0 aliphatic rings. The van der Waals surface area contributed by atoms with E-state index in [1.54, 1.807) is 23.5 Å². The molecule has 2 rings (SSSR count). The van der Waals surface area contributed by atoms with Gasteiger partial charge >= 0.3 is 0 Å². The first kappa shape index (κ1) is 12.3. The van der Waals surface area contributed by atoms with E-state index in [2.05, 4.69) is 26.2 Å². The van der Waals surface area contributed by atoms with Crippen molar-refractivity contribution in [2.75, 3.05) is 0 Å². The van der Waals surface area contributed by atoms with Crippen LogP contribution in [0.15, 0.2) is 34.1 Å². The number of nitrogens with zero attached hydrogens (tertiary/aromatic N) is 1. The Labute approximate surface area is 112 Å². The molecule has 1 N–H and O–H groups in total. The van der Waals surface area contributed by atoms with E-state index in [9.17, 15) is 4.79 Å². The lowest BCUT2D eigenvalue weighted by atomic mass is 10.2. The zero-order valence-corrected chi connectivity index (χ0v) is 11.6. The minimum atomic E-state index is -0.0784. The SMILES string of the molecule is Cc1csc(CNC(=O)c2ccc(Br)cc2)n1. The normalized spacial score (nSPS) is 10.2. The average molecular weight is 311 g/mol. The Balaban J connectivity index is 1.95. The van der Waals surface area contributed by atoms with Crippen molar-refractivity contribution >= 4 is 33.2 Å². The van der Waals surface area contributed by atoms with E-state index in [-0.39, 0.29) is 5.91 Å². The number of thiazole rings is 1. The number of hydrogen-bond acceptors (Lipinski definition) is 3. The molecule has 1 aromatic heterocycles. The van der Waals surface area contributed by atoms with Crippen molar-refractivity contribution in [2.45, 2.75) is 13.5 Å². The van der Waals surface area contributed by atoms with Crippen molar-refractivity contribution in [3.8, 4) is 0 Å². The Morgan fingerprint density at radius 1 is 1.41 bits per heavy atom. The third-order valence-corrected chi connectivity index (χ3v) is 3.67. The van der Waals surface area contributed by atoms with Crippen molar-refractivity contribution < 1.29 is 4.79 Å². The topological polar surface area (TPSA) is 42.0 Å². The van der Waals surface area contributed by atoms with Gasteiger partial charge in [0.15, 0.2) is 0 Å². The van der Waals surface area contributed by atoms with Gasteiger partial charge in [0.05, 0.1) is 6.54 Å². The quantitative estimate of drug-likeness (QED) is 0.946. The molecule has 2 aromatic rings. The standard InChI is InChI=1S/C12H11BrN2OS/c1-8-7-17-11(15-8)6-14-12(16)9-2-4-10(13)5-3-9/h2-5,7H,6H2,1H3,(H,14,16). The van der Waals surface area contributed by atoms with Crippen molar-refractivity contribution in [2.24, 2.45) is 0 Å². The summed E-state index contributed by atoms with van der Waals surface area (Å²) in [6.45, 7) is 2.42. The molecule has 0 atom stereocenters. The van der Waals surface area contributed by atoms with Gasteiger partial charge in [-0.15, -0.1) is 11.3 Å². The fourth-order valence-electron chi connectivity index (χ4n) is 1.34. The lowest BCUT2D eigenvalue weighted by Gasteiger charge is -2.03. The van der Waals surface area contributed by atoms with Crippen LogP contribution in [0.1, 0.15) is 21.1 Å². The van der Waals surface area contributed by atoms with Gasteiger partial charge in [-0.05, 0) is 31.2 Å². The van der Waals surface area contributed by atoms with Gasteiger partial charge in [0.25, 0.3) is 5.91 Å². The number of carbonyl (C=O) groups excluding carboxylic acids is 1. The Kier molecular flexibility index (Phi) is 3.91. The number of rotatable bonds is 3. The van der Waals surface area contributed by atoms with Crippen LogP contribution in [0, 0.1) is 6.92 Å². The number of hydrogen-bond donors (Lipinski definition) is 1. The highest BCUT2D eigenvalue weighted by molar-refractivity contribution is 9.10. The Morgan fingerprint density at radius 3 is 2.71 bits per heavy atom. The second-order valence-electron chi connectivity index (χ2n) is 3.57. The summed E-state index contributed by atoms with van der Waals surface area (Å²) in [4.78, 5) is 16.1. The van der Waals surface area contributed by atoms with Crippen molar-refractivity contribution in [3.63, 3.8) is 0 Å². The maximum Gasteiger partial charge on any atom is 0.251 e. The van der Waals surface area contributed by atoms with Crippen molar-refractivity contribution in [1.82, 2.24) is 10.3 Å². The van der Waals surface area contributed by atoms with E-state index in [1.807, 2.05) is 24.4 Å². The van der Waals surface area contributed by atoms with Crippen LogP contribution in [0.2, 0.25) is 0 Å². The first-order valence-electron chi connectivity index (χ1n) is 5.10. The van der Waals surface area contributed by atoms with Gasteiger partial charge in [-0.2, -0.15) is 0 Å². The van der Waals surface area contributed by atoms with E-state index in [0.29, 0.717) is 12.1 Å². The Bertz CT molecular complexity index is 522. The highest BCUT2D eigenvalue weighted by atomic mass is 79.9. The molecule has 0 radical (unpaired) electrons. The molecule has 0 aliphatic heterocycles. The number of benzene rings is 1. The summed E-state index contributed by atoms with van der Waals surface area (Å²) >= 11 is 4.89. The fourth-order valence-corrected chi connectivity index (χ4v) is 2.32. The molecule has 1 heterocycles. The predicted octanol–water partition coefficient (Wildman–Crippen LogP) is 3.14. The molecular weight excluding hydrogens is 300 g/mol. The molecule has 0 saturated heterocycles. The number of aromatic nitrogens is 1. The zero-order valence-electron chi connectivity index (χ0n) is 9.24. The molecule has 0 fully saturated rings. The molecule has 0 bridgehead atoms. The second-order valence-corrected chi connectivity index (χ2v) is 5.43. The molecule has 0 saturated carbocycles. The van der Waals surface area contributed by atoms with E-state index in [4.69, 9.17) is 0 Å². The molecular formula is C12H11BrN2OS. The predicted molar refractivity (Wildman–Crippen MR) is 72.2 cm³/mol. The average Bonchev–Trinajstić information content (AvgIpc) is 2.73. The molecule has 0 unspecified atom stereocenters. The largest absolute Gasteiger partial charge is 0.346 e. The molecule has 88 valence electrons. The fraction of sp³-hybridized carbons (Fsp3) is 0.167. The molecule has 1 amide bonds. The first-order valence-corrected chi connectivity index (χ1v) is 6.77.